The summed E-state index contributed by atoms with van der Waals surface area (Å²) in [4.78, 5) is 23.8. The van der Waals surface area contributed by atoms with Crippen LogP contribution in [0.4, 0.5) is 5.82 Å². The Labute approximate surface area is 138 Å². The number of anilines is 1. The molecule has 0 aromatic carbocycles. The second kappa shape index (κ2) is 7.28. The van der Waals surface area contributed by atoms with Crippen molar-refractivity contribution in [2.24, 2.45) is 0 Å². The zero-order valence-corrected chi connectivity index (χ0v) is 14.3. The highest BCUT2D eigenvalue weighted by Gasteiger charge is 2.27. The first-order valence-corrected chi connectivity index (χ1v) is 9.10. The number of carbonyl (C=O) groups is 1. The molecule has 1 aliphatic carbocycles. The molecule has 23 heavy (non-hydrogen) atoms. The summed E-state index contributed by atoms with van der Waals surface area (Å²) in [6.45, 7) is 4.88. The molecule has 0 bridgehead atoms. The molecular formula is C18H28N4O. The SMILES string of the molecule is CCC1CCCCN1C(=O)c1cc(NC2CCCC2)nc(C)n1. The van der Waals surface area contributed by atoms with Crippen LogP contribution in [-0.4, -0.2) is 39.4 Å². The molecule has 1 aromatic heterocycles. The Morgan fingerprint density at radius 2 is 1.96 bits per heavy atom. The largest absolute Gasteiger partial charge is 0.367 e. The fourth-order valence-corrected chi connectivity index (χ4v) is 3.87. The van der Waals surface area contributed by atoms with Gasteiger partial charge in [0.05, 0.1) is 0 Å². The standard InChI is InChI=1S/C18H28N4O/c1-3-15-10-6-7-11-22(15)18(23)16-12-17(20-13(2)19-16)21-14-8-4-5-9-14/h12,14-15H,3-11H2,1-2H3,(H,19,20,21). The van der Waals surface area contributed by atoms with Gasteiger partial charge in [-0.3, -0.25) is 4.79 Å². The Hall–Kier alpha value is -1.65. The summed E-state index contributed by atoms with van der Waals surface area (Å²) in [6.07, 6.45) is 9.38. The van der Waals surface area contributed by atoms with E-state index in [1.807, 2.05) is 17.9 Å². The molecule has 5 heteroatoms. The van der Waals surface area contributed by atoms with E-state index in [1.165, 1.54) is 32.1 Å². The third kappa shape index (κ3) is 3.82. The maximum absolute atomic E-state index is 12.9. The lowest BCUT2D eigenvalue weighted by atomic mass is 9.99. The molecule has 0 spiro atoms. The number of nitrogens with one attached hydrogen (secondary N) is 1. The number of piperidine rings is 1. The van der Waals surface area contributed by atoms with Crippen LogP contribution < -0.4 is 5.32 Å². The number of hydrogen-bond donors (Lipinski definition) is 1. The molecule has 1 unspecified atom stereocenters. The van der Waals surface area contributed by atoms with Crippen LogP contribution in [0.25, 0.3) is 0 Å². The zero-order chi connectivity index (χ0) is 16.2. The van der Waals surface area contributed by atoms with E-state index in [0.717, 1.165) is 31.6 Å². The number of carbonyl (C=O) groups excluding carboxylic acids is 1. The van der Waals surface area contributed by atoms with Crippen molar-refractivity contribution in [1.82, 2.24) is 14.9 Å². The summed E-state index contributed by atoms with van der Waals surface area (Å²) in [6, 6.07) is 2.69. The van der Waals surface area contributed by atoms with Gasteiger partial charge in [-0.2, -0.15) is 0 Å². The Morgan fingerprint density at radius 3 is 2.70 bits per heavy atom. The van der Waals surface area contributed by atoms with Gasteiger partial charge in [-0.25, -0.2) is 9.97 Å². The van der Waals surface area contributed by atoms with Gasteiger partial charge in [-0.15, -0.1) is 0 Å². The second-order valence-corrected chi connectivity index (χ2v) is 6.87. The maximum Gasteiger partial charge on any atom is 0.272 e. The summed E-state index contributed by atoms with van der Waals surface area (Å²) >= 11 is 0. The molecule has 5 nitrogen and oxygen atoms in total. The topological polar surface area (TPSA) is 58.1 Å². The lowest BCUT2D eigenvalue weighted by Crippen LogP contribution is -2.43. The number of nitrogens with zero attached hydrogens (tertiary/aromatic N) is 3. The summed E-state index contributed by atoms with van der Waals surface area (Å²) in [5, 5.41) is 3.48. The molecule has 1 N–H and O–H groups in total. The third-order valence-electron chi connectivity index (χ3n) is 5.12. The Balaban J connectivity index is 1.77. The average molecular weight is 316 g/mol. The normalized spacial score (nSPS) is 22.3. The lowest BCUT2D eigenvalue weighted by Gasteiger charge is -2.35. The minimum Gasteiger partial charge on any atom is -0.367 e. The molecule has 1 aliphatic heterocycles. The molecule has 2 fully saturated rings. The van der Waals surface area contributed by atoms with Crippen molar-refractivity contribution in [1.29, 1.82) is 0 Å². The number of rotatable bonds is 4. The highest BCUT2D eigenvalue weighted by molar-refractivity contribution is 5.93. The van der Waals surface area contributed by atoms with Crippen LogP contribution in [0.2, 0.25) is 0 Å². The maximum atomic E-state index is 12.9. The van der Waals surface area contributed by atoms with Crippen molar-refractivity contribution in [3.63, 3.8) is 0 Å². The number of hydrogen-bond acceptors (Lipinski definition) is 4. The molecule has 2 aliphatic rings. The molecular weight excluding hydrogens is 288 g/mol. The lowest BCUT2D eigenvalue weighted by molar-refractivity contribution is 0.0601. The molecule has 1 saturated heterocycles. The van der Waals surface area contributed by atoms with Gasteiger partial charge in [0, 0.05) is 24.7 Å². The summed E-state index contributed by atoms with van der Waals surface area (Å²) < 4.78 is 0. The van der Waals surface area contributed by atoms with Gasteiger partial charge < -0.3 is 10.2 Å². The Kier molecular flexibility index (Phi) is 5.13. The van der Waals surface area contributed by atoms with Crippen molar-refractivity contribution in [2.75, 3.05) is 11.9 Å². The van der Waals surface area contributed by atoms with Gasteiger partial charge in [0.15, 0.2) is 0 Å². The monoisotopic (exact) mass is 316 g/mol. The summed E-state index contributed by atoms with van der Waals surface area (Å²) in [7, 11) is 0. The van der Waals surface area contributed by atoms with Crippen LogP contribution in [0.15, 0.2) is 6.07 Å². The van der Waals surface area contributed by atoms with E-state index in [4.69, 9.17) is 0 Å². The third-order valence-corrected chi connectivity index (χ3v) is 5.12. The number of likely N-dealkylation sites (tertiary alicyclic amines) is 1. The van der Waals surface area contributed by atoms with Crippen molar-refractivity contribution in [2.45, 2.75) is 77.3 Å². The zero-order valence-electron chi connectivity index (χ0n) is 14.3. The van der Waals surface area contributed by atoms with Crippen molar-refractivity contribution < 1.29 is 4.79 Å². The Bertz CT molecular complexity index is 554. The first-order chi connectivity index (χ1) is 11.2. The van der Waals surface area contributed by atoms with Crippen LogP contribution in [0, 0.1) is 6.92 Å². The van der Waals surface area contributed by atoms with E-state index in [0.29, 0.717) is 23.6 Å². The number of aryl methyl sites for hydroxylation is 1. The predicted molar refractivity (Wildman–Crippen MR) is 91.6 cm³/mol. The molecule has 2 heterocycles. The Morgan fingerprint density at radius 1 is 1.22 bits per heavy atom. The molecule has 1 amide bonds. The van der Waals surface area contributed by atoms with Gasteiger partial charge in [-0.05, 0) is 45.4 Å². The van der Waals surface area contributed by atoms with Crippen LogP contribution in [0.1, 0.15) is 74.6 Å². The van der Waals surface area contributed by atoms with Gasteiger partial charge >= 0.3 is 0 Å². The van der Waals surface area contributed by atoms with E-state index in [2.05, 4.69) is 22.2 Å². The predicted octanol–water partition coefficient (Wildman–Crippen LogP) is 3.54. The van der Waals surface area contributed by atoms with E-state index < -0.39 is 0 Å². The van der Waals surface area contributed by atoms with Gasteiger partial charge in [0.25, 0.3) is 5.91 Å². The minimum atomic E-state index is 0.0662. The van der Waals surface area contributed by atoms with Crippen LogP contribution in [-0.2, 0) is 0 Å². The molecule has 0 radical (unpaired) electrons. The second-order valence-electron chi connectivity index (χ2n) is 6.87. The van der Waals surface area contributed by atoms with Crippen molar-refractivity contribution in [3.05, 3.63) is 17.6 Å². The number of amides is 1. The van der Waals surface area contributed by atoms with E-state index in [-0.39, 0.29) is 5.91 Å². The smallest absolute Gasteiger partial charge is 0.272 e. The first-order valence-electron chi connectivity index (χ1n) is 9.10. The van der Waals surface area contributed by atoms with Crippen LogP contribution >= 0.6 is 0 Å². The highest BCUT2D eigenvalue weighted by atomic mass is 16.2. The molecule has 1 atom stereocenters. The van der Waals surface area contributed by atoms with Crippen molar-refractivity contribution in [3.8, 4) is 0 Å². The van der Waals surface area contributed by atoms with Gasteiger partial charge in [0.1, 0.15) is 17.3 Å². The fourth-order valence-electron chi connectivity index (χ4n) is 3.87. The fraction of sp³-hybridized carbons (Fsp3) is 0.722. The van der Waals surface area contributed by atoms with Gasteiger partial charge in [-0.1, -0.05) is 19.8 Å². The van der Waals surface area contributed by atoms with Crippen LogP contribution in [0.3, 0.4) is 0 Å². The van der Waals surface area contributed by atoms with E-state index in [1.54, 1.807) is 0 Å². The number of aromatic nitrogens is 2. The quantitative estimate of drug-likeness (QED) is 0.923. The molecule has 1 saturated carbocycles. The minimum absolute atomic E-state index is 0.0662. The first kappa shape index (κ1) is 16.2. The van der Waals surface area contributed by atoms with Crippen molar-refractivity contribution >= 4 is 11.7 Å². The average Bonchev–Trinajstić information content (AvgIpc) is 3.06. The molecule has 3 rings (SSSR count). The van der Waals surface area contributed by atoms with Crippen LogP contribution in [0.5, 0.6) is 0 Å². The summed E-state index contributed by atoms with van der Waals surface area (Å²) in [5.74, 6) is 1.54. The van der Waals surface area contributed by atoms with E-state index >= 15 is 0 Å². The highest BCUT2D eigenvalue weighted by Crippen LogP contribution is 2.24. The van der Waals surface area contributed by atoms with Gasteiger partial charge in [0.2, 0.25) is 0 Å². The molecule has 126 valence electrons. The van der Waals surface area contributed by atoms with E-state index in [9.17, 15) is 4.79 Å². The summed E-state index contributed by atoms with van der Waals surface area (Å²) in [5.41, 5.74) is 0.540. The molecule has 1 aromatic rings.